The molecule has 5 heteroatoms. The molecule has 0 saturated heterocycles. The smallest absolute Gasteiger partial charge is 0.408 e. The molecule has 0 unspecified atom stereocenters. The predicted molar refractivity (Wildman–Crippen MR) is 107 cm³/mol. The Morgan fingerprint density at radius 1 is 0.862 bits per heavy atom. The fourth-order valence-electron chi connectivity index (χ4n) is 4.50. The minimum atomic E-state index is -1.13. The van der Waals surface area contributed by atoms with Gasteiger partial charge in [0.2, 0.25) is 0 Å². The topological polar surface area (TPSA) is 66.8 Å². The van der Waals surface area contributed by atoms with Crippen molar-refractivity contribution in [1.29, 1.82) is 0 Å². The van der Waals surface area contributed by atoms with E-state index >= 15 is 0 Å². The van der Waals surface area contributed by atoms with Crippen LogP contribution in [-0.4, -0.2) is 28.7 Å². The summed E-state index contributed by atoms with van der Waals surface area (Å²) in [5.74, 6) is -0.583. The summed E-state index contributed by atoms with van der Waals surface area (Å²) >= 11 is 0. The molecule has 1 aliphatic carbocycles. The molecular weight excluding hydrogens is 366 g/mol. The molecule has 1 atom stereocenters. The molecule has 144 valence electrons. The summed E-state index contributed by atoms with van der Waals surface area (Å²) < 4.78 is 5.72. The summed E-state index contributed by atoms with van der Waals surface area (Å²) in [4.78, 5) is 25.8. The first-order valence-electron chi connectivity index (χ1n) is 9.57. The van der Waals surface area contributed by atoms with Gasteiger partial charge in [0.05, 0.1) is 6.54 Å². The zero-order valence-electron chi connectivity index (χ0n) is 15.6. The lowest BCUT2D eigenvalue weighted by Gasteiger charge is -2.22. The highest BCUT2D eigenvalue weighted by atomic mass is 16.5. The van der Waals surface area contributed by atoms with Crippen LogP contribution in [0.25, 0.3) is 11.1 Å². The maximum atomic E-state index is 13.0. The highest BCUT2D eigenvalue weighted by Crippen LogP contribution is 2.45. The largest absolute Gasteiger partial charge is 0.465 e. The summed E-state index contributed by atoms with van der Waals surface area (Å²) in [6.45, 7) is 0.374. The Labute approximate surface area is 168 Å². The third-order valence-corrected chi connectivity index (χ3v) is 5.83. The Kier molecular flexibility index (Phi) is 4.09. The standard InChI is InChI=1S/C24H19NO4/c26-23(22-16-8-2-1-7-15(16)13-25(22)24(27)28)29-14-21-19-11-5-3-9-17(19)18-10-4-6-12-20(18)21/h1-12,21-22H,13-14H2,(H,27,28)/t22-/m1/s1. The summed E-state index contributed by atoms with van der Waals surface area (Å²) in [5, 5.41) is 9.56. The van der Waals surface area contributed by atoms with Gasteiger partial charge in [-0.15, -0.1) is 0 Å². The number of amides is 1. The lowest BCUT2D eigenvalue weighted by Crippen LogP contribution is -2.34. The van der Waals surface area contributed by atoms with Gasteiger partial charge in [0.15, 0.2) is 6.04 Å². The van der Waals surface area contributed by atoms with Crippen LogP contribution in [0.15, 0.2) is 72.8 Å². The van der Waals surface area contributed by atoms with E-state index in [2.05, 4.69) is 24.3 Å². The number of carbonyl (C=O) groups is 2. The van der Waals surface area contributed by atoms with Gasteiger partial charge in [-0.05, 0) is 33.4 Å². The Bertz CT molecular complexity index is 1080. The van der Waals surface area contributed by atoms with Gasteiger partial charge in [0.1, 0.15) is 6.61 Å². The molecule has 1 N–H and O–H groups in total. The highest BCUT2D eigenvalue weighted by Gasteiger charge is 2.40. The lowest BCUT2D eigenvalue weighted by molar-refractivity contribution is -0.149. The van der Waals surface area contributed by atoms with Crippen molar-refractivity contribution in [2.45, 2.75) is 18.5 Å². The van der Waals surface area contributed by atoms with Gasteiger partial charge in [0, 0.05) is 5.92 Å². The van der Waals surface area contributed by atoms with Crippen LogP contribution in [0.5, 0.6) is 0 Å². The van der Waals surface area contributed by atoms with Crippen molar-refractivity contribution in [3.8, 4) is 11.1 Å². The Hall–Kier alpha value is -3.60. The van der Waals surface area contributed by atoms with Crippen molar-refractivity contribution in [1.82, 2.24) is 4.90 Å². The van der Waals surface area contributed by atoms with Crippen LogP contribution in [0.2, 0.25) is 0 Å². The molecular formula is C24H19NO4. The summed E-state index contributed by atoms with van der Waals surface area (Å²) in [7, 11) is 0. The summed E-state index contributed by atoms with van der Waals surface area (Å²) in [6, 6.07) is 22.6. The minimum absolute atomic E-state index is 0.0544. The number of fused-ring (bicyclic) bond motifs is 4. The average molecular weight is 385 g/mol. The number of hydrogen-bond donors (Lipinski definition) is 1. The van der Waals surface area contributed by atoms with Crippen LogP contribution in [0.3, 0.4) is 0 Å². The fraction of sp³-hybridized carbons (Fsp3) is 0.167. The van der Waals surface area contributed by atoms with Crippen LogP contribution in [0, 0.1) is 0 Å². The van der Waals surface area contributed by atoms with Crippen molar-refractivity contribution in [3.05, 3.63) is 95.1 Å². The molecule has 0 bridgehead atoms. The van der Waals surface area contributed by atoms with Gasteiger partial charge < -0.3 is 9.84 Å². The maximum absolute atomic E-state index is 13.0. The van der Waals surface area contributed by atoms with Gasteiger partial charge >= 0.3 is 12.1 Å². The number of carbonyl (C=O) groups excluding carboxylic acids is 1. The second-order valence-corrected chi connectivity index (χ2v) is 7.37. The molecule has 1 heterocycles. The molecule has 3 aromatic rings. The van der Waals surface area contributed by atoms with Crippen molar-refractivity contribution >= 4 is 12.1 Å². The SMILES string of the molecule is O=C(OCC1c2ccccc2-c2ccccc21)[C@H]1c2ccccc2CN1C(=O)O. The van der Waals surface area contributed by atoms with Crippen LogP contribution >= 0.6 is 0 Å². The second kappa shape index (κ2) is 6.78. The number of nitrogens with zero attached hydrogens (tertiary/aromatic N) is 1. The molecule has 1 aliphatic heterocycles. The van der Waals surface area contributed by atoms with E-state index in [1.54, 1.807) is 6.07 Å². The van der Waals surface area contributed by atoms with Gasteiger partial charge in [0.25, 0.3) is 0 Å². The average Bonchev–Trinajstić information content (AvgIpc) is 3.29. The van der Waals surface area contributed by atoms with E-state index in [-0.39, 0.29) is 19.1 Å². The van der Waals surface area contributed by atoms with E-state index in [0.29, 0.717) is 5.56 Å². The predicted octanol–water partition coefficient (Wildman–Crippen LogP) is 4.58. The lowest BCUT2D eigenvalue weighted by atomic mass is 9.98. The van der Waals surface area contributed by atoms with Crippen LogP contribution in [0.4, 0.5) is 4.79 Å². The molecule has 2 aliphatic rings. The van der Waals surface area contributed by atoms with Gasteiger partial charge in [-0.25, -0.2) is 9.59 Å². The van der Waals surface area contributed by atoms with Crippen LogP contribution in [0.1, 0.15) is 34.2 Å². The number of benzene rings is 3. The molecule has 5 nitrogen and oxygen atoms in total. The zero-order chi connectivity index (χ0) is 20.0. The number of esters is 1. The molecule has 0 spiro atoms. The van der Waals surface area contributed by atoms with Crippen LogP contribution in [-0.2, 0) is 16.1 Å². The third-order valence-electron chi connectivity index (χ3n) is 5.83. The van der Waals surface area contributed by atoms with E-state index < -0.39 is 18.1 Å². The van der Waals surface area contributed by atoms with Crippen molar-refractivity contribution < 1.29 is 19.4 Å². The quantitative estimate of drug-likeness (QED) is 0.671. The van der Waals surface area contributed by atoms with E-state index in [0.717, 1.165) is 32.7 Å². The first-order valence-corrected chi connectivity index (χ1v) is 9.57. The normalized spacial score (nSPS) is 16.8. The van der Waals surface area contributed by atoms with Crippen molar-refractivity contribution in [2.75, 3.05) is 6.61 Å². The number of carboxylic acid groups (broad SMARTS) is 1. The molecule has 1 amide bonds. The Balaban J connectivity index is 1.42. The molecule has 3 aromatic carbocycles. The van der Waals surface area contributed by atoms with Gasteiger partial charge in [-0.3, -0.25) is 4.90 Å². The monoisotopic (exact) mass is 385 g/mol. The van der Waals surface area contributed by atoms with E-state index in [9.17, 15) is 14.7 Å². The minimum Gasteiger partial charge on any atom is -0.465 e. The molecule has 0 radical (unpaired) electrons. The van der Waals surface area contributed by atoms with E-state index in [4.69, 9.17) is 4.74 Å². The first-order chi connectivity index (χ1) is 14.1. The zero-order valence-corrected chi connectivity index (χ0v) is 15.6. The van der Waals surface area contributed by atoms with Crippen molar-refractivity contribution in [3.63, 3.8) is 0 Å². The number of ether oxygens (including phenoxy) is 1. The van der Waals surface area contributed by atoms with E-state index in [1.807, 2.05) is 42.5 Å². The van der Waals surface area contributed by atoms with Gasteiger partial charge in [-0.1, -0.05) is 72.8 Å². The summed E-state index contributed by atoms with van der Waals surface area (Å²) in [6.07, 6.45) is -1.13. The van der Waals surface area contributed by atoms with Crippen LogP contribution < -0.4 is 0 Å². The number of rotatable bonds is 3. The van der Waals surface area contributed by atoms with E-state index in [1.165, 1.54) is 0 Å². The molecule has 0 saturated carbocycles. The first kappa shape index (κ1) is 17.5. The molecule has 0 aromatic heterocycles. The number of hydrogen-bond acceptors (Lipinski definition) is 3. The molecule has 0 fully saturated rings. The summed E-state index contributed by atoms with van der Waals surface area (Å²) in [5.41, 5.74) is 6.11. The fourth-order valence-corrected chi connectivity index (χ4v) is 4.50. The molecule has 29 heavy (non-hydrogen) atoms. The third kappa shape index (κ3) is 2.78. The Morgan fingerprint density at radius 3 is 2.03 bits per heavy atom. The maximum Gasteiger partial charge on any atom is 0.408 e. The van der Waals surface area contributed by atoms with Crippen molar-refractivity contribution in [2.24, 2.45) is 0 Å². The highest BCUT2D eigenvalue weighted by molar-refractivity contribution is 5.85. The molecule has 5 rings (SSSR count). The van der Waals surface area contributed by atoms with Gasteiger partial charge in [-0.2, -0.15) is 0 Å². The Morgan fingerprint density at radius 2 is 1.41 bits per heavy atom. The second-order valence-electron chi connectivity index (χ2n) is 7.37.